The summed E-state index contributed by atoms with van der Waals surface area (Å²) in [4.78, 5) is 16.1. The van der Waals surface area contributed by atoms with Crippen molar-refractivity contribution < 1.29 is 9.53 Å². The molecule has 0 spiro atoms. The van der Waals surface area contributed by atoms with Crippen LogP contribution in [0.1, 0.15) is 5.69 Å². The lowest BCUT2D eigenvalue weighted by atomic mass is 10.1. The lowest BCUT2D eigenvalue weighted by Crippen LogP contribution is -2.20. The van der Waals surface area contributed by atoms with Crippen molar-refractivity contribution in [3.05, 3.63) is 64.9 Å². The zero-order valence-electron chi connectivity index (χ0n) is 12.5. The Balaban J connectivity index is 1.68. The number of carbonyl (C=O) groups is 1. The van der Waals surface area contributed by atoms with E-state index in [0.29, 0.717) is 11.4 Å². The molecular weight excluding hydrogens is 356 g/mol. The lowest BCUT2D eigenvalue weighted by molar-refractivity contribution is -0.118. The maximum absolute atomic E-state index is 12.0. The summed E-state index contributed by atoms with van der Waals surface area (Å²) in [6, 6.07) is 15.4. The van der Waals surface area contributed by atoms with Gasteiger partial charge in [0.05, 0.1) is 4.47 Å². The van der Waals surface area contributed by atoms with Crippen LogP contribution in [0.3, 0.4) is 0 Å². The summed E-state index contributed by atoms with van der Waals surface area (Å²) in [7, 11) is 0. The largest absolute Gasteiger partial charge is 0.483 e. The van der Waals surface area contributed by atoms with Gasteiger partial charge in [0, 0.05) is 17.6 Å². The average Bonchev–Trinajstić information content (AvgIpc) is 2.54. The van der Waals surface area contributed by atoms with Crippen LogP contribution in [-0.4, -0.2) is 17.5 Å². The number of ether oxygens (including phenoxy) is 1. The Kier molecular flexibility index (Phi) is 4.57. The minimum Gasteiger partial charge on any atom is -0.483 e. The molecule has 0 saturated carbocycles. The van der Waals surface area contributed by atoms with Crippen LogP contribution in [-0.2, 0) is 4.79 Å². The number of pyridine rings is 1. The number of aryl methyl sites for hydroxylation is 1. The normalized spacial score (nSPS) is 10.5. The van der Waals surface area contributed by atoms with Crippen LogP contribution < -0.4 is 10.1 Å². The molecule has 116 valence electrons. The summed E-state index contributed by atoms with van der Waals surface area (Å²) < 4.78 is 6.48. The van der Waals surface area contributed by atoms with Gasteiger partial charge in [0.1, 0.15) is 5.75 Å². The summed E-state index contributed by atoms with van der Waals surface area (Å²) in [5.74, 6) is 0.431. The van der Waals surface area contributed by atoms with Gasteiger partial charge in [0.25, 0.3) is 5.91 Å². The number of halogens is 1. The molecule has 0 bridgehead atoms. The summed E-state index contributed by atoms with van der Waals surface area (Å²) in [5, 5.41) is 4.96. The number of carbonyl (C=O) groups excluding carboxylic acids is 1. The molecule has 0 unspecified atom stereocenters. The number of nitrogens with one attached hydrogen (secondary N) is 1. The molecule has 1 N–H and O–H groups in total. The summed E-state index contributed by atoms with van der Waals surface area (Å²) >= 11 is 3.54. The van der Waals surface area contributed by atoms with E-state index in [0.717, 1.165) is 20.9 Å². The number of fused-ring (bicyclic) bond motifs is 1. The highest BCUT2D eigenvalue weighted by molar-refractivity contribution is 9.10. The first-order chi connectivity index (χ1) is 11.1. The number of benzene rings is 2. The summed E-state index contributed by atoms with van der Waals surface area (Å²) in [6.45, 7) is 1.82. The van der Waals surface area contributed by atoms with E-state index in [2.05, 4.69) is 26.2 Å². The van der Waals surface area contributed by atoms with Gasteiger partial charge in [-0.05, 0) is 51.8 Å². The van der Waals surface area contributed by atoms with Crippen molar-refractivity contribution in [3.8, 4) is 5.75 Å². The fourth-order valence-corrected chi connectivity index (χ4v) is 2.90. The fourth-order valence-electron chi connectivity index (χ4n) is 2.29. The van der Waals surface area contributed by atoms with Gasteiger partial charge in [-0.15, -0.1) is 0 Å². The van der Waals surface area contributed by atoms with Gasteiger partial charge in [-0.2, -0.15) is 0 Å². The molecule has 1 aromatic heterocycles. The highest BCUT2D eigenvalue weighted by atomic mass is 79.9. The maximum atomic E-state index is 12.0. The van der Waals surface area contributed by atoms with Crippen molar-refractivity contribution in [1.29, 1.82) is 0 Å². The third kappa shape index (κ3) is 3.68. The molecule has 1 amide bonds. The zero-order chi connectivity index (χ0) is 16.2. The smallest absolute Gasteiger partial charge is 0.262 e. The molecule has 0 aliphatic carbocycles. The molecular formula is C18H15BrN2O2. The molecule has 1 heterocycles. The quantitative estimate of drug-likeness (QED) is 0.743. The second-order valence-electron chi connectivity index (χ2n) is 5.12. The first-order valence-electron chi connectivity index (χ1n) is 7.16. The number of rotatable bonds is 4. The maximum Gasteiger partial charge on any atom is 0.262 e. The van der Waals surface area contributed by atoms with Gasteiger partial charge < -0.3 is 10.1 Å². The molecule has 3 aromatic rings. The number of aromatic nitrogens is 1. The van der Waals surface area contributed by atoms with E-state index in [9.17, 15) is 4.79 Å². The van der Waals surface area contributed by atoms with Crippen LogP contribution in [0.5, 0.6) is 5.75 Å². The molecule has 2 aromatic carbocycles. The van der Waals surface area contributed by atoms with Gasteiger partial charge in [-0.1, -0.05) is 30.3 Å². The highest BCUT2D eigenvalue weighted by Crippen LogP contribution is 2.32. The molecule has 0 atom stereocenters. The molecule has 3 rings (SSSR count). The molecule has 5 heteroatoms. The average molecular weight is 371 g/mol. The Morgan fingerprint density at radius 3 is 2.87 bits per heavy atom. The van der Waals surface area contributed by atoms with Crippen LogP contribution in [0.15, 0.2) is 59.2 Å². The third-order valence-electron chi connectivity index (χ3n) is 3.37. The van der Waals surface area contributed by atoms with Gasteiger partial charge in [-0.3, -0.25) is 9.78 Å². The summed E-state index contributed by atoms with van der Waals surface area (Å²) in [5.41, 5.74) is 1.56. The molecule has 0 fully saturated rings. The first kappa shape index (κ1) is 15.5. The van der Waals surface area contributed by atoms with Crippen molar-refractivity contribution in [3.63, 3.8) is 0 Å². The lowest BCUT2D eigenvalue weighted by Gasteiger charge is -2.11. The van der Waals surface area contributed by atoms with Gasteiger partial charge >= 0.3 is 0 Å². The van der Waals surface area contributed by atoms with Crippen molar-refractivity contribution in [2.75, 3.05) is 11.9 Å². The molecule has 23 heavy (non-hydrogen) atoms. The minimum absolute atomic E-state index is 0.0572. The Labute approximate surface area is 142 Å². The molecule has 0 saturated heterocycles. The van der Waals surface area contributed by atoms with Crippen molar-refractivity contribution >= 4 is 38.3 Å². The fraction of sp³-hybridized carbons (Fsp3) is 0.111. The zero-order valence-corrected chi connectivity index (χ0v) is 14.1. The van der Waals surface area contributed by atoms with Crippen LogP contribution in [0, 0.1) is 6.92 Å². The van der Waals surface area contributed by atoms with E-state index in [1.54, 1.807) is 12.3 Å². The van der Waals surface area contributed by atoms with E-state index in [1.165, 1.54) is 0 Å². The van der Waals surface area contributed by atoms with Crippen LogP contribution in [0.4, 0.5) is 5.69 Å². The standard InChI is InChI=1S/C18H15BrN2O2/c1-12-10-14(8-9-20-12)21-17(22)11-23-16-7-6-13-4-2-3-5-15(13)18(16)19/h2-10H,11H2,1H3,(H,20,21,22). The van der Waals surface area contributed by atoms with Crippen LogP contribution in [0.2, 0.25) is 0 Å². The van der Waals surface area contributed by atoms with Crippen LogP contribution >= 0.6 is 15.9 Å². The van der Waals surface area contributed by atoms with E-state index in [-0.39, 0.29) is 12.5 Å². The molecule has 0 radical (unpaired) electrons. The Bertz CT molecular complexity index is 865. The first-order valence-corrected chi connectivity index (χ1v) is 7.95. The Hall–Kier alpha value is -2.40. The van der Waals surface area contributed by atoms with E-state index in [1.807, 2.05) is 49.4 Å². The SMILES string of the molecule is Cc1cc(NC(=O)COc2ccc3ccccc3c2Br)ccn1. The number of hydrogen-bond acceptors (Lipinski definition) is 3. The van der Waals surface area contributed by atoms with Gasteiger partial charge in [-0.25, -0.2) is 0 Å². The van der Waals surface area contributed by atoms with Crippen molar-refractivity contribution in [2.45, 2.75) is 6.92 Å². The highest BCUT2D eigenvalue weighted by Gasteiger charge is 2.09. The molecule has 0 aliphatic heterocycles. The Morgan fingerprint density at radius 1 is 1.22 bits per heavy atom. The Morgan fingerprint density at radius 2 is 2.04 bits per heavy atom. The number of nitrogens with zero attached hydrogens (tertiary/aromatic N) is 1. The third-order valence-corrected chi connectivity index (χ3v) is 4.18. The second-order valence-corrected chi connectivity index (χ2v) is 5.91. The van der Waals surface area contributed by atoms with Gasteiger partial charge in [0.15, 0.2) is 6.61 Å². The summed E-state index contributed by atoms with van der Waals surface area (Å²) in [6.07, 6.45) is 1.66. The van der Waals surface area contributed by atoms with Crippen molar-refractivity contribution in [2.24, 2.45) is 0 Å². The predicted molar refractivity (Wildman–Crippen MR) is 94.7 cm³/mol. The van der Waals surface area contributed by atoms with Crippen LogP contribution in [0.25, 0.3) is 10.8 Å². The predicted octanol–water partition coefficient (Wildman–Crippen LogP) is 4.32. The monoisotopic (exact) mass is 370 g/mol. The van der Waals surface area contributed by atoms with Crippen molar-refractivity contribution in [1.82, 2.24) is 4.98 Å². The van der Waals surface area contributed by atoms with Gasteiger partial charge in [0.2, 0.25) is 0 Å². The molecule has 0 aliphatic rings. The van der Waals surface area contributed by atoms with E-state index in [4.69, 9.17) is 4.74 Å². The molecule has 4 nitrogen and oxygen atoms in total. The number of amides is 1. The number of anilines is 1. The van der Waals surface area contributed by atoms with E-state index >= 15 is 0 Å². The number of hydrogen-bond donors (Lipinski definition) is 1. The second kappa shape index (κ2) is 6.79. The minimum atomic E-state index is -0.212. The topological polar surface area (TPSA) is 51.2 Å². The van der Waals surface area contributed by atoms with E-state index < -0.39 is 0 Å².